The van der Waals surface area contributed by atoms with Gasteiger partial charge in [0, 0.05) is 19.9 Å². The highest BCUT2D eigenvalue weighted by Gasteiger charge is 2.11. The molecule has 0 amide bonds. The lowest BCUT2D eigenvalue weighted by molar-refractivity contribution is 0.415. The number of halogens is 2. The molecule has 0 fully saturated rings. The molecule has 3 rings (SSSR count). The van der Waals surface area contributed by atoms with Crippen molar-refractivity contribution in [2.24, 2.45) is 0 Å². The molecule has 0 radical (unpaired) electrons. The van der Waals surface area contributed by atoms with Crippen LogP contribution in [0.1, 0.15) is 0 Å². The quantitative estimate of drug-likeness (QED) is 0.682. The molecule has 3 aromatic rings. The predicted molar refractivity (Wildman–Crippen MR) is 91.3 cm³/mol. The second-order valence-electron chi connectivity index (χ2n) is 4.44. The lowest BCUT2D eigenvalue weighted by Gasteiger charge is -2.08. The van der Waals surface area contributed by atoms with Crippen molar-refractivity contribution in [3.8, 4) is 17.1 Å². The smallest absolute Gasteiger partial charge is 0.162 e. The van der Waals surface area contributed by atoms with Crippen LogP contribution in [-0.4, -0.2) is 17.1 Å². The van der Waals surface area contributed by atoms with Crippen LogP contribution >= 0.6 is 31.9 Å². The Hall–Kier alpha value is -1.66. The van der Waals surface area contributed by atoms with Crippen LogP contribution in [0.2, 0.25) is 0 Å². The first-order valence-electron chi connectivity index (χ1n) is 6.15. The Morgan fingerprint density at radius 1 is 1.05 bits per heavy atom. The van der Waals surface area contributed by atoms with Gasteiger partial charge in [0.05, 0.1) is 12.6 Å². The standard InChI is InChI=1S/C15H11Br2N3O/c1-21-10-4-2-8(3-5-10)15-19-13-11(14(18)20-15)6-9(16)7-12(13)17/h2-7H,1H3,(H2,18,19,20). The van der Waals surface area contributed by atoms with Crippen molar-refractivity contribution in [3.05, 3.63) is 45.3 Å². The molecular weight excluding hydrogens is 398 g/mol. The minimum Gasteiger partial charge on any atom is -0.497 e. The van der Waals surface area contributed by atoms with E-state index >= 15 is 0 Å². The Morgan fingerprint density at radius 2 is 1.76 bits per heavy atom. The van der Waals surface area contributed by atoms with E-state index in [1.165, 1.54) is 0 Å². The van der Waals surface area contributed by atoms with Crippen molar-refractivity contribution >= 4 is 48.6 Å². The average molecular weight is 409 g/mol. The molecule has 106 valence electrons. The van der Waals surface area contributed by atoms with Gasteiger partial charge in [-0.15, -0.1) is 0 Å². The summed E-state index contributed by atoms with van der Waals surface area (Å²) in [6.45, 7) is 0. The number of benzene rings is 2. The third-order valence-electron chi connectivity index (χ3n) is 3.10. The fourth-order valence-electron chi connectivity index (χ4n) is 2.05. The molecule has 4 nitrogen and oxygen atoms in total. The van der Waals surface area contributed by atoms with Gasteiger partial charge in [-0.2, -0.15) is 0 Å². The summed E-state index contributed by atoms with van der Waals surface area (Å²) in [5.74, 6) is 1.83. The van der Waals surface area contributed by atoms with Crippen LogP contribution in [0.3, 0.4) is 0 Å². The number of ether oxygens (including phenoxy) is 1. The van der Waals surface area contributed by atoms with Crippen molar-refractivity contribution in [2.45, 2.75) is 0 Å². The fraction of sp³-hybridized carbons (Fsp3) is 0.0667. The van der Waals surface area contributed by atoms with Gasteiger partial charge >= 0.3 is 0 Å². The highest BCUT2D eigenvalue weighted by Crippen LogP contribution is 2.31. The minimum absolute atomic E-state index is 0.452. The second kappa shape index (κ2) is 5.61. The van der Waals surface area contributed by atoms with Crippen LogP contribution in [0, 0.1) is 0 Å². The third kappa shape index (κ3) is 2.73. The fourth-order valence-corrected chi connectivity index (χ4v) is 3.36. The maximum atomic E-state index is 6.07. The van der Waals surface area contributed by atoms with Crippen LogP contribution < -0.4 is 10.5 Å². The van der Waals surface area contributed by atoms with E-state index in [-0.39, 0.29) is 0 Å². The molecular formula is C15H11Br2N3O. The maximum absolute atomic E-state index is 6.07. The van der Waals surface area contributed by atoms with Crippen molar-refractivity contribution in [2.75, 3.05) is 12.8 Å². The molecule has 0 saturated heterocycles. The number of anilines is 1. The SMILES string of the molecule is COc1ccc(-c2nc(N)c3cc(Br)cc(Br)c3n2)cc1. The number of nitrogen functional groups attached to an aromatic ring is 1. The number of nitrogens with two attached hydrogens (primary N) is 1. The van der Waals surface area contributed by atoms with Crippen molar-refractivity contribution in [1.82, 2.24) is 9.97 Å². The van der Waals surface area contributed by atoms with Crippen molar-refractivity contribution in [3.63, 3.8) is 0 Å². The van der Waals surface area contributed by atoms with Crippen molar-refractivity contribution < 1.29 is 4.74 Å². The summed E-state index contributed by atoms with van der Waals surface area (Å²) in [6, 6.07) is 11.4. The van der Waals surface area contributed by atoms with Gasteiger partial charge in [-0.1, -0.05) is 15.9 Å². The van der Waals surface area contributed by atoms with Crippen LogP contribution in [0.25, 0.3) is 22.3 Å². The molecule has 0 aliphatic rings. The van der Waals surface area contributed by atoms with Gasteiger partial charge in [0.15, 0.2) is 5.82 Å². The molecule has 0 aliphatic heterocycles. The van der Waals surface area contributed by atoms with E-state index in [1.807, 2.05) is 36.4 Å². The first kappa shape index (κ1) is 14.3. The Morgan fingerprint density at radius 3 is 2.43 bits per heavy atom. The van der Waals surface area contributed by atoms with Crippen LogP contribution in [0.4, 0.5) is 5.82 Å². The Kier molecular flexibility index (Phi) is 3.82. The number of fused-ring (bicyclic) bond motifs is 1. The van der Waals surface area contributed by atoms with Gasteiger partial charge in [0.25, 0.3) is 0 Å². The number of hydrogen-bond acceptors (Lipinski definition) is 4. The van der Waals surface area contributed by atoms with E-state index in [4.69, 9.17) is 10.5 Å². The van der Waals surface area contributed by atoms with E-state index in [0.29, 0.717) is 11.6 Å². The zero-order chi connectivity index (χ0) is 15.0. The van der Waals surface area contributed by atoms with Crippen LogP contribution in [0.15, 0.2) is 45.3 Å². The van der Waals surface area contributed by atoms with E-state index in [9.17, 15) is 0 Å². The summed E-state index contributed by atoms with van der Waals surface area (Å²) in [5.41, 5.74) is 7.75. The predicted octanol–water partition coefficient (Wildman–Crippen LogP) is 4.41. The third-order valence-corrected chi connectivity index (χ3v) is 4.16. The molecule has 6 heteroatoms. The van der Waals surface area contributed by atoms with E-state index in [2.05, 4.69) is 41.8 Å². The Balaban J connectivity index is 2.19. The van der Waals surface area contributed by atoms with E-state index in [0.717, 1.165) is 31.2 Å². The normalized spacial score (nSPS) is 10.8. The summed E-state index contributed by atoms with van der Waals surface area (Å²) in [7, 11) is 1.63. The zero-order valence-electron chi connectivity index (χ0n) is 11.1. The minimum atomic E-state index is 0.452. The molecule has 0 unspecified atom stereocenters. The molecule has 0 bridgehead atoms. The summed E-state index contributed by atoms with van der Waals surface area (Å²) < 4.78 is 6.95. The van der Waals surface area contributed by atoms with Crippen LogP contribution in [0.5, 0.6) is 5.75 Å². The Bertz CT molecular complexity index is 819. The van der Waals surface area contributed by atoms with E-state index in [1.54, 1.807) is 7.11 Å². The monoisotopic (exact) mass is 407 g/mol. The summed E-state index contributed by atoms with van der Waals surface area (Å²) in [4.78, 5) is 9.00. The molecule has 2 aromatic carbocycles. The first-order valence-corrected chi connectivity index (χ1v) is 7.74. The summed E-state index contributed by atoms with van der Waals surface area (Å²) in [5, 5.41) is 0.813. The number of rotatable bonds is 2. The molecule has 2 N–H and O–H groups in total. The van der Waals surface area contributed by atoms with Crippen molar-refractivity contribution in [1.29, 1.82) is 0 Å². The molecule has 21 heavy (non-hydrogen) atoms. The molecule has 0 aliphatic carbocycles. The highest BCUT2D eigenvalue weighted by atomic mass is 79.9. The molecule has 1 heterocycles. The van der Waals surface area contributed by atoms with Gasteiger partial charge in [-0.05, 0) is 52.3 Å². The maximum Gasteiger partial charge on any atom is 0.162 e. The van der Waals surface area contributed by atoms with Gasteiger partial charge in [0.1, 0.15) is 11.6 Å². The number of hydrogen-bond donors (Lipinski definition) is 1. The zero-order valence-corrected chi connectivity index (χ0v) is 14.3. The van der Waals surface area contributed by atoms with Gasteiger partial charge in [-0.3, -0.25) is 0 Å². The molecule has 1 aromatic heterocycles. The van der Waals surface area contributed by atoms with Gasteiger partial charge in [-0.25, -0.2) is 9.97 Å². The number of nitrogens with zero attached hydrogens (tertiary/aromatic N) is 2. The Labute approximate surface area is 138 Å². The highest BCUT2D eigenvalue weighted by molar-refractivity contribution is 9.11. The van der Waals surface area contributed by atoms with Gasteiger partial charge in [0.2, 0.25) is 0 Å². The average Bonchev–Trinajstić information content (AvgIpc) is 2.48. The lowest BCUT2D eigenvalue weighted by atomic mass is 10.2. The topological polar surface area (TPSA) is 61.0 Å². The van der Waals surface area contributed by atoms with Gasteiger partial charge < -0.3 is 10.5 Å². The van der Waals surface area contributed by atoms with Crippen LogP contribution in [-0.2, 0) is 0 Å². The second-order valence-corrected chi connectivity index (χ2v) is 6.21. The first-order chi connectivity index (χ1) is 10.1. The largest absolute Gasteiger partial charge is 0.497 e. The summed E-state index contributed by atoms with van der Waals surface area (Å²) in [6.07, 6.45) is 0. The number of aromatic nitrogens is 2. The number of methoxy groups -OCH3 is 1. The molecule has 0 atom stereocenters. The van der Waals surface area contributed by atoms with E-state index < -0.39 is 0 Å². The molecule has 0 spiro atoms. The summed E-state index contributed by atoms with van der Waals surface area (Å²) >= 11 is 6.96. The molecule has 0 saturated carbocycles. The lowest BCUT2D eigenvalue weighted by Crippen LogP contribution is -1.98.